The third kappa shape index (κ3) is 5.02. The first-order chi connectivity index (χ1) is 13.3. The summed E-state index contributed by atoms with van der Waals surface area (Å²) in [6, 6.07) is 3.51. The van der Waals surface area contributed by atoms with Crippen LogP contribution in [0.5, 0.6) is 0 Å². The number of nitro benzene ring substituents is 1. The normalized spacial score (nSPS) is 12.5. The number of hydrogen-bond donors (Lipinski definition) is 2. The molecule has 1 aromatic carbocycles. The Morgan fingerprint density at radius 3 is 2.50 bits per heavy atom. The van der Waals surface area contributed by atoms with Gasteiger partial charge in [0.15, 0.2) is 0 Å². The molecule has 0 saturated heterocycles. The van der Waals surface area contributed by atoms with Crippen LogP contribution < -0.4 is 10.6 Å². The maximum Gasteiger partial charge on any atom is 0.407 e. The van der Waals surface area contributed by atoms with Gasteiger partial charge >= 0.3 is 6.09 Å². The molecule has 0 fully saturated rings. The number of nitro groups is 1. The Labute approximate surface area is 160 Å². The zero-order chi connectivity index (χ0) is 20.7. The van der Waals surface area contributed by atoms with Crippen LogP contribution in [0.2, 0.25) is 0 Å². The monoisotopic (exact) mass is 392 g/mol. The lowest BCUT2D eigenvalue weighted by molar-refractivity contribution is -0.384. The summed E-state index contributed by atoms with van der Waals surface area (Å²) in [5.41, 5.74) is -0.156. The number of imide groups is 1. The van der Waals surface area contributed by atoms with E-state index in [0.717, 1.165) is 11.0 Å². The van der Waals surface area contributed by atoms with Crippen molar-refractivity contribution in [1.29, 1.82) is 0 Å². The van der Waals surface area contributed by atoms with Crippen LogP contribution in [0.4, 0.5) is 10.5 Å². The second-order valence-electron chi connectivity index (χ2n) is 5.85. The summed E-state index contributed by atoms with van der Waals surface area (Å²) in [6.45, 7) is 2.38. The Bertz CT molecular complexity index is 809. The number of fused-ring (bicyclic) bond motifs is 1. The van der Waals surface area contributed by atoms with E-state index in [4.69, 9.17) is 0 Å². The second-order valence-corrected chi connectivity index (χ2v) is 5.85. The molecule has 0 radical (unpaired) electrons. The number of non-ortho nitro benzene ring substituents is 1. The number of ether oxygens (including phenoxy) is 1. The maximum absolute atomic E-state index is 12.3. The molecule has 1 aliphatic heterocycles. The van der Waals surface area contributed by atoms with Gasteiger partial charge < -0.3 is 15.4 Å². The van der Waals surface area contributed by atoms with Gasteiger partial charge in [-0.15, -0.1) is 0 Å². The maximum atomic E-state index is 12.3. The van der Waals surface area contributed by atoms with E-state index in [0.29, 0.717) is 0 Å². The SMILES string of the molecule is CCOC(=O)NCCNC(=O)CCCN1C(=O)c2ccc([N+](=O)[O-])cc2C1=O. The summed E-state index contributed by atoms with van der Waals surface area (Å²) in [7, 11) is 0. The van der Waals surface area contributed by atoms with E-state index in [2.05, 4.69) is 15.4 Å². The summed E-state index contributed by atoms with van der Waals surface area (Å²) in [5, 5.41) is 15.9. The average molecular weight is 392 g/mol. The summed E-state index contributed by atoms with van der Waals surface area (Å²) >= 11 is 0. The quantitative estimate of drug-likeness (QED) is 0.274. The number of nitrogens with one attached hydrogen (secondary N) is 2. The van der Waals surface area contributed by atoms with Crippen LogP contribution >= 0.6 is 0 Å². The van der Waals surface area contributed by atoms with E-state index in [9.17, 15) is 29.3 Å². The van der Waals surface area contributed by atoms with Crippen molar-refractivity contribution in [3.05, 3.63) is 39.4 Å². The fourth-order valence-corrected chi connectivity index (χ4v) is 2.63. The van der Waals surface area contributed by atoms with Crippen LogP contribution in [-0.2, 0) is 9.53 Å². The molecule has 0 aliphatic carbocycles. The van der Waals surface area contributed by atoms with Gasteiger partial charge in [0.1, 0.15) is 0 Å². The van der Waals surface area contributed by atoms with E-state index >= 15 is 0 Å². The molecule has 0 atom stereocenters. The van der Waals surface area contributed by atoms with Gasteiger partial charge in [-0.3, -0.25) is 29.4 Å². The van der Waals surface area contributed by atoms with Gasteiger partial charge in [0.25, 0.3) is 17.5 Å². The average Bonchev–Trinajstić information content (AvgIpc) is 2.90. The standard InChI is InChI=1S/C17H20N4O7/c1-2-28-17(25)19-8-7-18-14(22)4-3-9-20-15(23)12-6-5-11(21(26)27)10-13(12)16(20)24/h5-6,10H,2-4,7-9H2,1H3,(H,18,22)(H,19,25). The molecule has 0 bridgehead atoms. The largest absolute Gasteiger partial charge is 0.450 e. The molecule has 0 aromatic heterocycles. The minimum absolute atomic E-state index is 0.00584. The molecule has 28 heavy (non-hydrogen) atoms. The van der Waals surface area contributed by atoms with Crippen molar-refractivity contribution in [3.63, 3.8) is 0 Å². The minimum Gasteiger partial charge on any atom is -0.450 e. The van der Waals surface area contributed by atoms with Gasteiger partial charge in [-0.25, -0.2) is 4.79 Å². The van der Waals surface area contributed by atoms with Crippen molar-refractivity contribution in [2.24, 2.45) is 0 Å². The first-order valence-corrected chi connectivity index (χ1v) is 8.67. The first kappa shape index (κ1) is 20.8. The third-order valence-electron chi connectivity index (χ3n) is 3.94. The molecule has 0 saturated carbocycles. The summed E-state index contributed by atoms with van der Waals surface area (Å²) in [6.07, 6.45) is -0.250. The van der Waals surface area contributed by atoms with Crippen molar-refractivity contribution >= 4 is 29.5 Å². The van der Waals surface area contributed by atoms with Crippen molar-refractivity contribution in [2.45, 2.75) is 19.8 Å². The lowest BCUT2D eigenvalue weighted by Gasteiger charge is -2.13. The van der Waals surface area contributed by atoms with Gasteiger partial charge in [0.2, 0.25) is 5.91 Å². The van der Waals surface area contributed by atoms with Gasteiger partial charge in [-0.05, 0) is 19.4 Å². The molecule has 11 heteroatoms. The zero-order valence-corrected chi connectivity index (χ0v) is 15.2. The Kier molecular flexibility index (Phi) is 7.02. The molecule has 4 amide bonds. The van der Waals surface area contributed by atoms with Crippen molar-refractivity contribution in [1.82, 2.24) is 15.5 Å². The van der Waals surface area contributed by atoms with Crippen LogP contribution in [0.1, 0.15) is 40.5 Å². The van der Waals surface area contributed by atoms with Gasteiger partial charge in [0, 0.05) is 38.2 Å². The number of rotatable bonds is 9. The summed E-state index contributed by atoms with van der Waals surface area (Å²) in [5.74, 6) is -1.44. The highest BCUT2D eigenvalue weighted by molar-refractivity contribution is 6.21. The molecule has 150 valence electrons. The van der Waals surface area contributed by atoms with E-state index in [1.54, 1.807) is 6.92 Å². The highest BCUT2D eigenvalue weighted by atomic mass is 16.6. The number of carbonyl (C=O) groups excluding carboxylic acids is 4. The van der Waals surface area contributed by atoms with E-state index < -0.39 is 22.8 Å². The highest BCUT2D eigenvalue weighted by Crippen LogP contribution is 2.26. The first-order valence-electron chi connectivity index (χ1n) is 8.67. The van der Waals surface area contributed by atoms with Gasteiger partial charge in [-0.1, -0.05) is 0 Å². The van der Waals surface area contributed by atoms with Crippen LogP contribution in [0, 0.1) is 10.1 Å². The van der Waals surface area contributed by atoms with Crippen molar-refractivity contribution < 1.29 is 28.8 Å². The second kappa shape index (κ2) is 9.44. The zero-order valence-electron chi connectivity index (χ0n) is 15.2. The summed E-state index contributed by atoms with van der Waals surface area (Å²) in [4.78, 5) is 58.6. The molecule has 2 N–H and O–H groups in total. The Balaban J connectivity index is 1.76. The molecule has 0 unspecified atom stereocenters. The number of benzene rings is 1. The molecule has 2 rings (SSSR count). The molecule has 11 nitrogen and oxygen atoms in total. The van der Waals surface area contributed by atoms with E-state index in [1.165, 1.54) is 12.1 Å². The molecular weight excluding hydrogens is 372 g/mol. The van der Waals surface area contributed by atoms with Gasteiger partial charge in [0.05, 0.1) is 22.7 Å². The van der Waals surface area contributed by atoms with Crippen LogP contribution in [0.25, 0.3) is 0 Å². The number of carbonyl (C=O) groups is 4. The number of hydrogen-bond acceptors (Lipinski definition) is 7. The molecule has 1 heterocycles. The minimum atomic E-state index is -0.637. The number of amides is 4. The lowest BCUT2D eigenvalue weighted by atomic mass is 10.1. The number of alkyl carbamates (subject to hydrolysis) is 1. The third-order valence-corrected chi connectivity index (χ3v) is 3.94. The molecule has 1 aromatic rings. The van der Waals surface area contributed by atoms with Crippen molar-refractivity contribution in [2.75, 3.05) is 26.2 Å². The number of nitrogens with zero attached hydrogens (tertiary/aromatic N) is 2. The Morgan fingerprint density at radius 1 is 1.14 bits per heavy atom. The van der Waals surface area contributed by atoms with Gasteiger partial charge in [-0.2, -0.15) is 0 Å². The molecular formula is C17H20N4O7. The van der Waals surface area contributed by atoms with E-state index in [1.807, 2.05) is 0 Å². The molecule has 1 aliphatic rings. The fraction of sp³-hybridized carbons (Fsp3) is 0.412. The predicted octanol–water partition coefficient (Wildman–Crippen LogP) is 0.833. The highest BCUT2D eigenvalue weighted by Gasteiger charge is 2.36. The summed E-state index contributed by atoms with van der Waals surface area (Å²) < 4.78 is 4.67. The topological polar surface area (TPSA) is 148 Å². The van der Waals surface area contributed by atoms with E-state index in [-0.39, 0.29) is 61.8 Å². The Morgan fingerprint density at radius 2 is 1.82 bits per heavy atom. The Hall–Kier alpha value is -3.50. The van der Waals surface area contributed by atoms with Crippen LogP contribution in [0.15, 0.2) is 18.2 Å². The molecule has 0 spiro atoms. The van der Waals surface area contributed by atoms with Crippen LogP contribution in [0.3, 0.4) is 0 Å². The fourth-order valence-electron chi connectivity index (χ4n) is 2.63. The van der Waals surface area contributed by atoms with Crippen molar-refractivity contribution in [3.8, 4) is 0 Å². The lowest BCUT2D eigenvalue weighted by Crippen LogP contribution is -2.35. The van der Waals surface area contributed by atoms with Crippen LogP contribution in [-0.4, -0.2) is 59.9 Å². The predicted molar refractivity (Wildman–Crippen MR) is 95.7 cm³/mol. The smallest absolute Gasteiger partial charge is 0.407 e.